The zero-order valence-electron chi connectivity index (χ0n) is 15.7. The molecule has 0 atom stereocenters. The van der Waals surface area contributed by atoms with Crippen LogP contribution in [0.25, 0.3) is 39.2 Å². The van der Waals surface area contributed by atoms with Crippen LogP contribution in [0.2, 0.25) is 0 Å². The molecule has 5 nitrogen and oxygen atoms in total. The number of pyridine rings is 1. The van der Waals surface area contributed by atoms with Crippen LogP contribution >= 0.6 is 0 Å². The minimum absolute atomic E-state index is 0.284. The summed E-state index contributed by atoms with van der Waals surface area (Å²) in [5.41, 5.74) is 4.59. The van der Waals surface area contributed by atoms with E-state index in [1.807, 2.05) is 65.2 Å². The van der Waals surface area contributed by atoms with Crippen LogP contribution in [0.3, 0.4) is 0 Å². The first-order chi connectivity index (χ1) is 14.6. The number of sulfone groups is 1. The molecule has 0 radical (unpaired) electrons. The van der Waals surface area contributed by atoms with E-state index in [0.717, 1.165) is 22.5 Å². The van der Waals surface area contributed by atoms with Gasteiger partial charge in [-0.05, 0) is 47.5 Å². The smallest absolute Gasteiger partial charge is 0.210 e. The van der Waals surface area contributed by atoms with Crippen molar-refractivity contribution in [1.29, 1.82) is 0 Å². The van der Waals surface area contributed by atoms with E-state index in [1.165, 1.54) is 0 Å². The highest BCUT2D eigenvalue weighted by Crippen LogP contribution is 2.42. The normalized spacial score (nSPS) is 13.9. The van der Waals surface area contributed by atoms with Crippen LogP contribution in [-0.4, -0.2) is 23.0 Å². The van der Waals surface area contributed by atoms with E-state index in [9.17, 15) is 8.42 Å². The summed E-state index contributed by atoms with van der Waals surface area (Å²) in [6.45, 7) is 0. The molecule has 0 aliphatic carbocycles. The van der Waals surface area contributed by atoms with Crippen LogP contribution in [-0.2, 0) is 9.84 Å². The Morgan fingerprint density at radius 3 is 2.30 bits per heavy atom. The summed E-state index contributed by atoms with van der Waals surface area (Å²) in [4.78, 5) is 9.41. The van der Waals surface area contributed by atoms with Gasteiger partial charge < -0.3 is 0 Å². The molecule has 0 bridgehead atoms. The van der Waals surface area contributed by atoms with Crippen molar-refractivity contribution in [3.8, 4) is 28.2 Å². The summed E-state index contributed by atoms with van der Waals surface area (Å²) in [5, 5.41) is 0. The van der Waals surface area contributed by atoms with Crippen LogP contribution in [0.15, 0.2) is 101 Å². The topological polar surface area (TPSA) is 64.8 Å². The van der Waals surface area contributed by atoms with Gasteiger partial charge in [-0.2, -0.15) is 0 Å². The predicted octanol–water partition coefficient (Wildman–Crippen LogP) is 4.90. The third-order valence-corrected chi connectivity index (χ3v) is 7.28. The van der Waals surface area contributed by atoms with Gasteiger partial charge >= 0.3 is 0 Å². The van der Waals surface area contributed by atoms with Gasteiger partial charge in [0.15, 0.2) is 0 Å². The van der Waals surface area contributed by atoms with E-state index in [0.29, 0.717) is 16.7 Å². The maximum absolute atomic E-state index is 13.6. The highest BCUT2D eigenvalue weighted by molar-refractivity contribution is 7.92. The van der Waals surface area contributed by atoms with E-state index in [-0.39, 0.29) is 9.79 Å². The molecular weight excluding hydrogens is 394 g/mol. The number of imidazole rings is 1. The largest absolute Gasteiger partial charge is 0.290 e. The van der Waals surface area contributed by atoms with E-state index in [1.54, 1.807) is 30.6 Å². The molecule has 0 saturated heterocycles. The first-order valence-electron chi connectivity index (χ1n) is 9.51. The van der Waals surface area contributed by atoms with Gasteiger partial charge in [-0.1, -0.05) is 42.5 Å². The number of hydrogen-bond acceptors (Lipinski definition) is 4. The number of nitrogens with zero attached hydrogens (tertiary/aromatic N) is 3. The maximum atomic E-state index is 13.6. The number of rotatable bonds is 2. The Morgan fingerprint density at radius 2 is 1.50 bits per heavy atom. The van der Waals surface area contributed by atoms with Gasteiger partial charge in [0.1, 0.15) is 5.82 Å². The van der Waals surface area contributed by atoms with Crippen molar-refractivity contribution in [3.05, 3.63) is 91.3 Å². The van der Waals surface area contributed by atoms with E-state index < -0.39 is 9.84 Å². The Morgan fingerprint density at radius 1 is 0.700 bits per heavy atom. The third kappa shape index (κ3) is 2.31. The van der Waals surface area contributed by atoms with Crippen molar-refractivity contribution >= 4 is 20.9 Å². The second kappa shape index (κ2) is 6.11. The molecule has 0 fully saturated rings. The summed E-state index contributed by atoms with van der Waals surface area (Å²) in [5.74, 6) is 0.728. The summed E-state index contributed by atoms with van der Waals surface area (Å²) in [6.07, 6.45) is 3.40. The Bertz CT molecular complexity index is 1540. The van der Waals surface area contributed by atoms with Crippen molar-refractivity contribution in [3.63, 3.8) is 0 Å². The van der Waals surface area contributed by atoms with Gasteiger partial charge in [-0.25, -0.2) is 13.4 Å². The molecule has 0 saturated carbocycles. The van der Waals surface area contributed by atoms with Crippen molar-refractivity contribution < 1.29 is 8.42 Å². The van der Waals surface area contributed by atoms with Gasteiger partial charge in [0, 0.05) is 18.0 Å². The number of fused-ring (bicyclic) bond motifs is 2. The molecule has 3 aromatic carbocycles. The minimum atomic E-state index is -3.68. The third-order valence-electron chi connectivity index (χ3n) is 5.46. The fraction of sp³-hybridized carbons (Fsp3) is 0. The molecule has 6 rings (SSSR count). The summed E-state index contributed by atoms with van der Waals surface area (Å²) < 4.78 is 29.1. The molecule has 30 heavy (non-hydrogen) atoms. The van der Waals surface area contributed by atoms with Gasteiger partial charge in [0.05, 0.1) is 26.5 Å². The van der Waals surface area contributed by atoms with Crippen LogP contribution in [0.4, 0.5) is 0 Å². The van der Waals surface area contributed by atoms with E-state index in [4.69, 9.17) is 4.98 Å². The Hall–Kier alpha value is -3.77. The Balaban J connectivity index is 1.72. The molecule has 144 valence electrons. The zero-order chi connectivity index (χ0) is 20.3. The summed E-state index contributed by atoms with van der Waals surface area (Å²) in [7, 11) is -3.68. The lowest BCUT2D eigenvalue weighted by atomic mass is 10.1. The zero-order valence-corrected chi connectivity index (χ0v) is 16.5. The van der Waals surface area contributed by atoms with Crippen LogP contribution < -0.4 is 0 Å². The highest BCUT2D eigenvalue weighted by atomic mass is 32.2. The van der Waals surface area contributed by atoms with E-state index in [2.05, 4.69) is 4.98 Å². The van der Waals surface area contributed by atoms with Crippen LogP contribution in [0, 0.1) is 0 Å². The molecule has 5 aromatic rings. The molecule has 0 N–H and O–H groups in total. The molecular formula is C24H15N3O2S. The molecule has 1 aliphatic heterocycles. The monoisotopic (exact) mass is 409 g/mol. The van der Waals surface area contributed by atoms with Crippen LogP contribution in [0.1, 0.15) is 0 Å². The molecule has 0 unspecified atom stereocenters. The fourth-order valence-corrected chi connectivity index (χ4v) is 5.75. The first-order valence-corrected chi connectivity index (χ1v) is 11.0. The van der Waals surface area contributed by atoms with Crippen molar-refractivity contribution in [2.24, 2.45) is 0 Å². The number of benzene rings is 3. The second-order valence-corrected chi connectivity index (χ2v) is 9.07. The average Bonchev–Trinajstić information content (AvgIpc) is 3.19. The summed E-state index contributed by atoms with van der Waals surface area (Å²) in [6, 6.07) is 24.4. The standard InChI is InChI=1S/C24H15N3O2S/c28-30(29)21-8-4-7-19-23(21)27(24(26-19)17-5-2-1-3-6-17)20-10-9-18(15-22(20)30)16-11-13-25-14-12-16/h1-15H. The number of hydrogen-bond donors (Lipinski definition) is 0. The van der Waals surface area contributed by atoms with Gasteiger partial charge in [0.2, 0.25) is 9.84 Å². The van der Waals surface area contributed by atoms with Crippen molar-refractivity contribution in [2.45, 2.75) is 9.79 Å². The van der Waals surface area contributed by atoms with Gasteiger partial charge in [-0.3, -0.25) is 9.55 Å². The molecule has 0 spiro atoms. The summed E-state index contributed by atoms with van der Waals surface area (Å²) >= 11 is 0. The van der Waals surface area contributed by atoms with Crippen molar-refractivity contribution in [2.75, 3.05) is 0 Å². The molecule has 1 aliphatic rings. The predicted molar refractivity (Wildman–Crippen MR) is 115 cm³/mol. The Kier molecular flexibility index (Phi) is 3.49. The molecule has 6 heteroatoms. The van der Waals surface area contributed by atoms with E-state index >= 15 is 0 Å². The van der Waals surface area contributed by atoms with Gasteiger partial charge in [-0.15, -0.1) is 0 Å². The first kappa shape index (κ1) is 17.1. The van der Waals surface area contributed by atoms with Gasteiger partial charge in [0.25, 0.3) is 0 Å². The van der Waals surface area contributed by atoms with Crippen LogP contribution in [0.5, 0.6) is 0 Å². The maximum Gasteiger partial charge on any atom is 0.210 e. The molecule has 3 heterocycles. The minimum Gasteiger partial charge on any atom is -0.290 e. The SMILES string of the molecule is O=S1(=O)c2cc(-c3ccncc3)ccc2-n2c(-c3ccccc3)nc3cccc1c32. The molecule has 2 aromatic heterocycles. The lowest BCUT2D eigenvalue weighted by Crippen LogP contribution is -2.15. The molecule has 0 amide bonds. The lowest BCUT2D eigenvalue weighted by molar-refractivity contribution is 0.594. The van der Waals surface area contributed by atoms with Crippen molar-refractivity contribution in [1.82, 2.24) is 14.5 Å². The number of para-hydroxylation sites is 1. The quantitative estimate of drug-likeness (QED) is 0.408. The lowest BCUT2D eigenvalue weighted by Gasteiger charge is -2.21. The fourth-order valence-electron chi connectivity index (χ4n) is 4.08. The highest BCUT2D eigenvalue weighted by Gasteiger charge is 2.33. The average molecular weight is 409 g/mol. The number of aromatic nitrogens is 3. The Labute approximate surface area is 173 Å². The second-order valence-electron chi connectivity index (χ2n) is 7.18.